The third-order valence-corrected chi connectivity index (χ3v) is 6.93. The van der Waals surface area contributed by atoms with Gasteiger partial charge in [0.1, 0.15) is 11.5 Å². The molecule has 0 heterocycles. The predicted molar refractivity (Wildman–Crippen MR) is 151 cm³/mol. The van der Waals surface area contributed by atoms with Crippen molar-refractivity contribution in [3.63, 3.8) is 0 Å². The van der Waals surface area contributed by atoms with Crippen molar-refractivity contribution in [1.29, 1.82) is 0 Å². The lowest BCUT2D eigenvalue weighted by Gasteiger charge is -2.18. The number of hydrogen-bond acceptors (Lipinski definition) is 4. The summed E-state index contributed by atoms with van der Waals surface area (Å²) >= 11 is 0. The van der Waals surface area contributed by atoms with Gasteiger partial charge in [0.15, 0.2) is 0 Å². The molecule has 0 amide bonds. The number of unbranched alkanes of at least 4 members (excludes halogenated alkanes) is 12. The van der Waals surface area contributed by atoms with Crippen molar-refractivity contribution in [1.82, 2.24) is 0 Å². The molecule has 0 aliphatic rings. The Morgan fingerprint density at radius 3 is 0.972 bits per heavy atom. The van der Waals surface area contributed by atoms with E-state index in [1.165, 1.54) is 51.4 Å². The van der Waals surface area contributed by atoms with Crippen LogP contribution in [0.2, 0.25) is 0 Å². The summed E-state index contributed by atoms with van der Waals surface area (Å²) in [6.45, 7) is 2.07. The van der Waals surface area contributed by atoms with Gasteiger partial charge in [0.05, 0.1) is 13.2 Å². The van der Waals surface area contributed by atoms with Crippen molar-refractivity contribution in [3.05, 3.63) is 48.5 Å². The summed E-state index contributed by atoms with van der Waals surface area (Å²) < 4.78 is 12.9. The van der Waals surface area contributed by atoms with Crippen LogP contribution in [0.1, 0.15) is 89.9 Å². The summed E-state index contributed by atoms with van der Waals surface area (Å²) in [4.78, 5) is 0. The molecule has 0 saturated heterocycles. The van der Waals surface area contributed by atoms with Gasteiger partial charge >= 0.3 is 0 Å². The minimum Gasteiger partial charge on any atom is -0.492 e. The van der Waals surface area contributed by atoms with E-state index < -0.39 is 0 Å². The van der Waals surface area contributed by atoms with E-state index >= 15 is 0 Å². The Kier molecular flexibility index (Phi) is 13.5. The number of aliphatic hydroxyl groups is 2. The number of hydrogen-bond donors (Lipinski definition) is 2. The van der Waals surface area contributed by atoms with E-state index in [9.17, 15) is 0 Å². The molecule has 36 heavy (non-hydrogen) atoms. The zero-order chi connectivity index (χ0) is 25.3. The zero-order valence-electron chi connectivity index (χ0n) is 22.1. The van der Waals surface area contributed by atoms with Crippen molar-refractivity contribution in [2.45, 2.75) is 89.9 Å². The molecule has 0 fully saturated rings. The van der Waals surface area contributed by atoms with Crippen molar-refractivity contribution >= 4 is 21.5 Å². The van der Waals surface area contributed by atoms with Crippen molar-refractivity contribution < 1.29 is 19.7 Å². The highest BCUT2D eigenvalue weighted by Gasteiger charge is 2.15. The standard InChI is InChI=1S/C32H46O4/c33-23-15-7-3-1-5-9-17-25-35-31-27-19-11-13-21-29(27)32(30-22-14-12-20-28(30)31)36-26-18-10-6-2-4-8-16-24-34/h11-14,19-22,33-34H,1-10,15-18,23-26H2. The van der Waals surface area contributed by atoms with Gasteiger partial charge in [0.25, 0.3) is 0 Å². The molecule has 4 nitrogen and oxygen atoms in total. The second-order valence-electron chi connectivity index (χ2n) is 9.84. The normalized spacial score (nSPS) is 11.4. The molecule has 0 radical (unpaired) electrons. The van der Waals surface area contributed by atoms with Crippen LogP contribution in [-0.4, -0.2) is 36.6 Å². The van der Waals surface area contributed by atoms with Gasteiger partial charge in [-0.1, -0.05) is 113 Å². The molecular weight excluding hydrogens is 448 g/mol. The molecule has 3 aromatic rings. The molecule has 0 atom stereocenters. The fraction of sp³-hybridized carbons (Fsp3) is 0.562. The molecule has 0 unspecified atom stereocenters. The average molecular weight is 495 g/mol. The minimum atomic E-state index is 0.312. The Morgan fingerprint density at radius 2 is 0.667 bits per heavy atom. The number of rotatable bonds is 20. The van der Waals surface area contributed by atoms with E-state index in [1.807, 2.05) is 0 Å². The van der Waals surface area contributed by atoms with E-state index in [0.29, 0.717) is 13.2 Å². The molecule has 0 spiro atoms. The predicted octanol–water partition coefficient (Wildman–Crippen LogP) is 8.20. The molecule has 3 aromatic carbocycles. The Hall–Kier alpha value is -2.30. The summed E-state index contributed by atoms with van der Waals surface area (Å²) in [7, 11) is 0. The second kappa shape index (κ2) is 17.2. The molecule has 0 aliphatic carbocycles. The van der Waals surface area contributed by atoms with E-state index in [0.717, 1.165) is 84.8 Å². The molecule has 198 valence electrons. The van der Waals surface area contributed by atoms with Crippen LogP contribution in [0, 0.1) is 0 Å². The molecule has 0 bridgehead atoms. The molecule has 4 heteroatoms. The fourth-order valence-electron chi connectivity index (χ4n) is 4.90. The monoisotopic (exact) mass is 494 g/mol. The SMILES string of the molecule is OCCCCCCCCCOc1c2ccccc2c(OCCCCCCCCCO)c2ccccc12. The van der Waals surface area contributed by atoms with Crippen LogP contribution < -0.4 is 9.47 Å². The Balaban J connectivity index is 1.58. The van der Waals surface area contributed by atoms with Gasteiger partial charge in [-0.05, 0) is 25.7 Å². The van der Waals surface area contributed by atoms with Crippen LogP contribution in [0.3, 0.4) is 0 Å². The lowest BCUT2D eigenvalue weighted by molar-refractivity contribution is 0.281. The summed E-state index contributed by atoms with van der Waals surface area (Å²) in [6, 6.07) is 16.9. The minimum absolute atomic E-state index is 0.312. The van der Waals surface area contributed by atoms with Crippen LogP contribution in [-0.2, 0) is 0 Å². The van der Waals surface area contributed by atoms with Gasteiger partial charge < -0.3 is 19.7 Å². The number of ether oxygens (including phenoxy) is 2. The van der Waals surface area contributed by atoms with Crippen LogP contribution in [0.15, 0.2) is 48.5 Å². The molecule has 2 N–H and O–H groups in total. The molecule has 0 aromatic heterocycles. The summed E-state index contributed by atoms with van der Waals surface area (Å²) in [5, 5.41) is 22.3. The quantitative estimate of drug-likeness (QED) is 0.123. The first-order valence-corrected chi connectivity index (χ1v) is 14.3. The number of benzene rings is 3. The van der Waals surface area contributed by atoms with Crippen molar-refractivity contribution in [3.8, 4) is 11.5 Å². The second-order valence-corrected chi connectivity index (χ2v) is 9.84. The topological polar surface area (TPSA) is 58.9 Å². The number of aliphatic hydroxyl groups excluding tert-OH is 2. The van der Waals surface area contributed by atoms with Gasteiger partial charge in [0, 0.05) is 34.8 Å². The maximum absolute atomic E-state index is 8.89. The summed E-state index contributed by atoms with van der Waals surface area (Å²) in [6.07, 6.45) is 15.9. The van der Waals surface area contributed by atoms with E-state index in [4.69, 9.17) is 19.7 Å². The lowest BCUT2D eigenvalue weighted by atomic mass is 10.0. The number of fused-ring (bicyclic) bond motifs is 2. The summed E-state index contributed by atoms with van der Waals surface area (Å²) in [5.41, 5.74) is 0. The molecular formula is C32H46O4. The van der Waals surface area contributed by atoms with Crippen molar-refractivity contribution in [2.75, 3.05) is 26.4 Å². The first kappa shape index (κ1) is 28.3. The maximum atomic E-state index is 8.89. The summed E-state index contributed by atoms with van der Waals surface area (Å²) in [5.74, 6) is 1.94. The Bertz CT molecular complexity index is 863. The van der Waals surface area contributed by atoms with Gasteiger partial charge in [-0.15, -0.1) is 0 Å². The molecule has 0 saturated carbocycles. The zero-order valence-corrected chi connectivity index (χ0v) is 22.1. The smallest absolute Gasteiger partial charge is 0.135 e. The lowest BCUT2D eigenvalue weighted by Crippen LogP contribution is -2.02. The van der Waals surface area contributed by atoms with E-state index in [-0.39, 0.29) is 0 Å². The first-order valence-electron chi connectivity index (χ1n) is 14.3. The van der Waals surface area contributed by atoms with E-state index in [2.05, 4.69) is 48.5 Å². The molecule has 0 aliphatic heterocycles. The highest BCUT2D eigenvalue weighted by molar-refractivity contribution is 6.11. The first-order chi connectivity index (χ1) is 17.9. The third kappa shape index (κ3) is 8.97. The Labute approximate surface area is 217 Å². The van der Waals surface area contributed by atoms with Gasteiger partial charge in [0.2, 0.25) is 0 Å². The van der Waals surface area contributed by atoms with Gasteiger partial charge in [-0.2, -0.15) is 0 Å². The highest BCUT2D eigenvalue weighted by Crippen LogP contribution is 2.42. The van der Waals surface area contributed by atoms with Crippen LogP contribution >= 0.6 is 0 Å². The Morgan fingerprint density at radius 1 is 0.389 bits per heavy atom. The van der Waals surface area contributed by atoms with Crippen LogP contribution in [0.4, 0.5) is 0 Å². The van der Waals surface area contributed by atoms with Gasteiger partial charge in [-0.25, -0.2) is 0 Å². The highest BCUT2D eigenvalue weighted by atomic mass is 16.5. The van der Waals surface area contributed by atoms with Gasteiger partial charge in [-0.3, -0.25) is 0 Å². The largest absolute Gasteiger partial charge is 0.492 e. The maximum Gasteiger partial charge on any atom is 0.135 e. The average Bonchev–Trinajstić information content (AvgIpc) is 2.91. The van der Waals surface area contributed by atoms with Crippen LogP contribution in [0.5, 0.6) is 11.5 Å². The fourth-order valence-corrected chi connectivity index (χ4v) is 4.90. The third-order valence-electron chi connectivity index (χ3n) is 6.93. The van der Waals surface area contributed by atoms with E-state index in [1.54, 1.807) is 0 Å². The molecule has 3 rings (SSSR count). The van der Waals surface area contributed by atoms with Crippen LogP contribution in [0.25, 0.3) is 21.5 Å². The van der Waals surface area contributed by atoms with Crippen molar-refractivity contribution in [2.24, 2.45) is 0 Å².